The highest BCUT2D eigenvalue weighted by molar-refractivity contribution is 5.51. The first-order valence-corrected chi connectivity index (χ1v) is 6.13. The van der Waals surface area contributed by atoms with Crippen LogP contribution in [-0.2, 0) is 6.42 Å². The lowest BCUT2D eigenvalue weighted by molar-refractivity contribution is 0.437. The summed E-state index contributed by atoms with van der Waals surface area (Å²) in [6, 6.07) is 4.26. The topological polar surface area (TPSA) is 17.3 Å². The molecule has 0 spiro atoms. The molecule has 2 nitrogen and oxygen atoms in total. The van der Waals surface area contributed by atoms with E-state index in [9.17, 15) is 0 Å². The summed E-state index contributed by atoms with van der Waals surface area (Å²) in [4.78, 5) is 4.82. The maximum absolute atomic E-state index is 4.82. The Kier molecular flexibility index (Phi) is 2.06. The van der Waals surface area contributed by atoms with Crippen LogP contribution in [0, 0.1) is 12.8 Å². The molecular formula is C14H18N2. The Hall–Kier alpha value is -1.31. The molecule has 0 radical (unpaired) electrons. The molecule has 2 atom stereocenters. The molecule has 0 N–H and O–H groups in total. The van der Waals surface area contributed by atoms with Crippen LogP contribution in [0.3, 0.4) is 0 Å². The molecule has 2 aromatic heterocycles. The zero-order chi connectivity index (χ0) is 11.3. The SMILES string of the molecule is Cc1cccn2c3c(nc12)CC(C)CC3C. The number of fused-ring (bicyclic) bond motifs is 3. The van der Waals surface area contributed by atoms with E-state index in [2.05, 4.69) is 43.5 Å². The Bertz CT molecular complexity index is 539. The van der Waals surface area contributed by atoms with E-state index >= 15 is 0 Å². The van der Waals surface area contributed by atoms with Crippen molar-refractivity contribution in [2.75, 3.05) is 0 Å². The van der Waals surface area contributed by atoms with Gasteiger partial charge in [0.2, 0.25) is 0 Å². The Morgan fingerprint density at radius 1 is 1.38 bits per heavy atom. The minimum atomic E-state index is 0.635. The molecule has 0 bridgehead atoms. The summed E-state index contributed by atoms with van der Waals surface area (Å²) in [5.41, 5.74) is 5.18. The minimum absolute atomic E-state index is 0.635. The normalized spacial score (nSPS) is 24.7. The van der Waals surface area contributed by atoms with E-state index in [0.29, 0.717) is 5.92 Å². The zero-order valence-corrected chi connectivity index (χ0v) is 10.2. The van der Waals surface area contributed by atoms with E-state index in [1.165, 1.54) is 23.4 Å². The molecule has 0 saturated carbocycles. The standard InChI is InChI=1S/C14H18N2/c1-9-7-11(3)13-12(8-9)15-14-10(2)5-4-6-16(13)14/h4-6,9,11H,7-8H2,1-3H3. The van der Waals surface area contributed by atoms with Crippen molar-refractivity contribution in [1.29, 1.82) is 0 Å². The Balaban J connectivity index is 2.30. The number of aromatic nitrogens is 2. The van der Waals surface area contributed by atoms with Gasteiger partial charge in [0.15, 0.2) is 0 Å². The van der Waals surface area contributed by atoms with Gasteiger partial charge >= 0.3 is 0 Å². The molecule has 0 saturated heterocycles. The van der Waals surface area contributed by atoms with E-state index in [4.69, 9.17) is 4.98 Å². The first-order valence-electron chi connectivity index (χ1n) is 6.13. The second-order valence-corrected chi connectivity index (χ2v) is 5.27. The molecule has 0 aromatic carbocycles. The summed E-state index contributed by atoms with van der Waals surface area (Å²) >= 11 is 0. The lowest BCUT2D eigenvalue weighted by Gasteiger charge is -2.23. The maximum atomic E-state index is 4.82. The molecule has 1 aliphatic rings. The highest BCUT2D eigenvalue weighted by Crippen LogP contribution is 2.34. The second-order valence-electron chi connectivity index (χ2n) is 5.27. The lowest BCUT2D eigenvalue weighted by atomic mass is 9.84. The smallest absolute Gasteiger partial charge is 0.140 e. The number of pyridine rings is 1. The van der Waals surface area contributed by atoms with Gasteiger partial charge in [0.25, 0.3) is 0 Å². The van der Waals surface area contributed by atoms with Crippen molar-refractivity contribution >= 4 is 5.65 Å². The third-order valence-electron chi connectivity index (χ3n) is 3.72. The third-order valence-corrected chi connectivity index (χ3v) is 3.72. The molecule has 16 heavy (non-hydrogen) atoms. The fraction of sp³-hybridized carbons (Fsp3) is 0.500. The summed E-state index contributed by atoms with van der Waals surface area (Å²) in [6.07, 6.45) is 4.58. The highest BCUT2D eigenvalue weighted by Gasteiger charge is 2.26. The van der Waals surface area contributed by atoms with E-state index in [0.717, 1.165) is 18.0 Å². The van der Waals surface area contributed by atoms with Crippen molar-refractivity contribution in [2.45, 2.75) is 39.5 Å². The van der Waals surface area contributed by atoms with Gasteiger partial charge in [0.1, 0.15) is 5.65 Å². The Morgan fingerprint density at radius 2 is 2.19 bits per heavy atom. The first-order chi connectivity index (χ1) is 7.66. The van der Waals surface area contributed by atoms with Gasteiger partial charge in [-0.05, 0) is 43.2 Å². The summed E-state index contributed by atoms with van der Waals surface area (Å²) in [5, 5.41) is 0. The molecule has 0 fully saturated rings. The summed E-state index contributed by atoms with van der Waals surface area (Å²) in [5.74, 6) is 1.41. The van der Waals surface area contributed by atoms with E-state index in [1.807, 2.05) is 0 Å². The van der Waals surface area contributed by atoms with Crippen molar-refractivity contribution in [3.05, 3.63) is 35.3 Å². The van der Waals surface area contributed by atoms with Crippen LogP contribution in [0.5, 0.6) is 0 Å². The molecule has 0 amide bonds. The summed E-state index contributed by atoms with van der Waals surface area (Å²) < 4.78 is 2.29. The van der Waals surface area contributed by atoms with Crippen molar-refractivity contribution in [3.8, 4) is 0 Å². The number of nitrogens with zero attached hydrogens (tertiary/aromatic N) is 2. The fourth-order valence-electron chi connectivity index (χ4n) is 3.07. The van der Waals surface area contributed by atoms with Crippen LogP contribution in [-0.4, -0.2) is 9.38 Å². The van der Waals surface area contributed by atoms with Gasteiger partial charge in [-0.2, -0.15) is 0 Å². The molecule has 2 heterocycles. The number of aryl methyl sites for hydroxylation is 1. The minimum Gasteiger partial charge on any atom is -0.303 e. The van der Waals surface area contributed by atoms with Gasteiger partial charge in [0, 0.05) is 11.9 Å². The van der Waals surface area contributed by atoms with E-state index in [-0.39, 0.29) is 0 Å². The Morgan fingerprint density at radius 3 is 3.00 bits per heavy atom. The maximum Gasteiger partial charge on any atom is 0.140 e. The van der Waals surface area contributed by atoms with Gasteiger partial charge in [-0.1, -0.05) is 19.9 Å². The average Bonchev–Trinajstić information content (AvgIpc) is 2.57. The van der Waals surface area contributed by atoms with Crippen molar-refractivity contribution in [3.63, 3.8) is 0 Å². The molecule has 2 aromatic rings. The van der Waals surface area contributed by atoms with Crippen LogP contribution in [0.1, 0.15) is 43.1 Å². The van der Waals surface area contributed by atoms with Crippen LogP contribution in [0.2, 0.25) is 0 Å². The summed E-state index contributed by atoms with van der Waals surface area (Å²) in [6.45, 7) is 6.79. The van der Waals surface area contributed by atoms with E-state index < -0.39 is 0 Å². The van der Waals surface area contributed by atoms with Crippen molar-refractivity contribution in [1.82, 2.24) is 9.38 Å². The second kappa shape index (κ2) is 3.34. The van der Waals surface area contributed by atoms with Crippen molar-refractivity contribution in [2.24, 2.45) is 5.92 Å². The van der Waals surface area contributed by atoms with Gasteiger partial charge in [-0.15, -0.1) is 0 Å². The first kappa shape index (κ1) is 9.88. The van der Waals surface area contributed by atoms with Crippen LogP contribution in [0.15, 0.2) is 18.3 Å². The van der Waals surface area contributed by atoms with Gasteiger partial charge < -0.3 is 4.40 Å². The van der Waals surface area contributed by atoms with Gasteiger partial charge in [-0.25, -0.2) is 4.98 Å². The van der Waals surface area contributed by atoms with Crippen LogP contribution in [0.4, 0.5) is 0 Å². The number of rotatable bonds is 0. The van der Waals surface area contributed by atoms with Crippen molar-refractivity contribution < 1.29 is 0 Å². The molecular weight excluding hydrogens is 196 g/mol. The molecule has 1 aliphatic carbocycles. The molecule has 2 unspecified atom stereocenters. The quantitative estimate of drug-likeness (QED) is 0.657. The fourth-order valence-corrected chi connectivity index (χ4v) is 3.07. The monoisotopic (exact) mass is 214 g/mol. The van der Waals surface area contributed by atoms with E-state index in [1.54, 1.807) is 0 Å². The van der Waals surface area contributed by atoms with Gasteiger partial charge in [0.05, 0.1) is 5.69 Å². The average molecular weight is 214 g/mol. The number of hydrogen-bond donors (Lipinski definition) is 0. The number of imidazole rings is 1. The van der Waals surface area contributed by atoms with Crippen LogP contribution < -0.4 is 0 Å². The summed E-state index contributed by atoms with van der Waals surface area (Å²) in [7, 11) is 0. The van der Waals surface area contributed by atoms with Crippen LogP contribution in [0.25, 0.3) is 5.65 Å². The molecule has 2 heteroatoms. The lowest BCUT2D eigenvalue weighted by Crippen LogP contribution is -2.15. The molecule has 3 rings (SSSR count). The van der Waals surface area contributed by atoms with Gasteiger partial charge in [-0.3, -0.25) is 0 Å². The molecule has 84 valence electrons. The predicted molar refractivity (Wildman–Crippen MR) is 65.8 cm³/mol. The third kappa shape index (κ3) is 1.29. The zero-order valence-electron chi connectivity index (χ0n) is 10.2. The molecule has 0 aliphatic heterocycles. The predicted octanol–water partition coefficient (Wildman–Crippen LogP) is 3.33. The van der Waals surface area contributed by atoms with Crippen LogP contribution >= 0.6 is 0 Å². The largest absolute Gasteiger partial charge is 0.303 e. The Labute approximate surface area is 96.3 Å². The highest BCUT2D eigenvalue weighted by atomic mass is 15.0. The number of hydrogen-bond acceptors (Lipinski definition) is 1.